The van der Waals surface area contributed by atoms with Crippen LogP contribution in [-0.4, -0.2) is 10.8 Å². The van der Waals surface area contributed by atoms with Gasteiger partial charge in [-0.25, -0.2) is 4.98 Å². The molecule has 1 aromatic carbocycles. The second-order valence-electron chi connectivity index (χ2n) is 7.85. The van der Waals surface area contributed by atoms with Gasteiger partial charge in [0, 0.05) is 18.4 Å². The predicted molar refractivity (Wildman–Crippen MR) is 92.8 cm³/mol. The number of allylic oxidation sites excluding steroid dienone is 2. The summed E-state index contributed by atoms with van der Waals surface area (Å²) in [6, 6.07) is 10.3. The van der Waals surface area contributed by atoms with Crippen molar-refractivity contribution in [1.82, 2.24) is 4.98 Å². The number of ketones is 1. The number of rotatable bonds is 2. The lowest BCUT2D eigenvalue weighted by molar-refractivity contribution is -0.118. The number of fused-ring (bicyclic) bond motifs is 1. The first-order chi connectivity index (χ1) is 11.5. The maximum atomic E-state index is 13.2. The molecule has 0 amide bonds. The van der Waals surface area contributed by atoms with Gasteiger partial charge >= 0.3 is 0 Å². The molecule has 1 heterocycles. The molecule has 0 N–H and O–H groups in total. The van der Waals surface area contributed by atoms with E-state index < -0.39 is 5.41 Å². The third-order valence-corrected chi connectivity index (χ3v) is 5.60. The zero-order valence-corrected chi connectivity index (χ0v) is 14.6. The SMILES string of the molecule is CCC1(c2ccccc2)C2=C(Cc3ncoc31)CC(C)(C)CC2=O. The van der Waals surface area contributed by atoms with Crippen LogP contribution in [0.2, 0.25) is 0 Å². The zero-order valence-electron chi connectivity index (χ0n) is 14.6. The lowest BCUT2D eigenvalue weighted by atomic mass is 9.58. The Labute approximate surface area is 142 Å². The summed E-state index contributed by atoms with van der Waals surface area (Å²) in [6.07, 6.45) is 4.63. The molecule has 0 fully saturated rings. The van der Waals surface area contributed by atoms with Crippen LogP contribution in [0.15, 0.2) is 52.3 Å². The lowest BCUT2D eigenvalue weighted by Gasteiger charge is -2.43. The highest BCUT2D eigenvalue weighted by Crippen LogP contribution is 2.53. The standard InChI is InChI=1S/C21H23NO2/c1-4-21(15-8-6-5-7-9-15)18-14(10-16-19(21)24-13-22-16)11-20(2,3)12-17(18)23/h5-9,13H,4,10-12H2,1-3H3. The third-order valence-electron chi connectivity index (χ3n) is 5.60. The van der Waals surface area contributed by atoms with Crippen molar-refractivity contribution in [2.75, 3.05) is 0 Å². The fraction of sp³-hybridized carbons (Fsp3) is 0.429. The molecule has 1 unspecified atom stereocenters. The van der Waals surface area contributed by atoms with Crippen molar-refractivity contribution in [3.05, 3.63) is 64.9 Å². The highest BCUT2D eigenvalue weighted by atomic mass is 16.3. The number of oxazole rings is 1. The Hall–Kier alpha value is -2.16. The molecular weight excluding hydrogens is 298 g/mol. The summed E-state index contributed by atoms with van der Waals surface area (Å²) in [6.45, 7) is 6.51. The van der Waals surface area contributed by atoms with Crippen molar-refractivity contribution >= 4 is 5.78 Å². The van der Waals surface area contributed by atoms with Crippen LogP contribution in [0.5, 0.6) is 0 Å². The number of Topliss-reactive ketones (excluding diaryl/α,β-unsaturated/α-hetero) is 1. The number of benzene rings is 1. The van der Waals surface area contributed by atoms with Gasteiger partial charge in [0.2, 0.25) is 0 Å². The Bertz CT molecular complexity index is 829. The molecule has 3 nitrogen and oxygen atoms in total. The fourth-order valence-corrected chi connectivity index (χ4v) is 4.74. The molecule has 1 aromatic heterocycles. The molecule has 0 aliphatic heterocycles. The smallest absolute Gasteiger partial charge is 0.181 e. The second kappa shape index (κ2) is 5.17. The molecule has 2 aliphatic rings. The minimum Gasteiger partial charge on any atom is -0.447 e. The molecule has 4 rings (SSSR count). The average Bonchev–Trinajstić information content (AvgIpc) is 3.01. The van der Waals surface area contributed by atoms with E-state index in [-0.39, 0.29) is 11.2 Å². The summed E-state index contributed by atoms with van der Waals surface area (Å²) in [5.74, 6) is 1.14. The fourth-order valence-electron chi connectivity index (χ4n) is 4.74. The van der Waals surface area contributed by atoms with Crippen molar-refractivity contribution in [3.63, 3.8) is 0 Å². The topological polar surface area (TPSA) is 43.1 Å². The summed E-state index contributed by atoms with van der Waals surface area (Å²) in [5, 5.41) is 0. The lowest BCUT2D eigenvalue weighted by Crippen LogP contribution is -2.42. The normalized spacial score (nSPS) is 25.4. The van der Waals surface area contributed by atoms with E-state index in [9.17, 15) is 4.79 Å². The minimum absolute atomic E-state index is 0.0212. The molecule has 0 radical (unpaired) electrons. The van der Waals surface area contributed by atoms with Crippen LogP contribution < -0.4 is 0 Å². The van der Waals surface area contributed by atoms with Gasteiger partial charge in [0.25, 0.3) is 0 Å². The molecule has 1 atom stereocenters. The Balaban J connectivity index is 2.03. The van der Waals surface area contributed by atoms with E-state index in [4.69, 9.17) is 4.42 Å². The van der Waals surface area contributed by atoms with Crippen LogP contribution in [0.4, 0.5) is 0 Å². The van der Waals surface area contributed by atoms with Crippen LogP contribution in [0.3, 0.4) is 0 Å². The van der Waals surface area contributed by atoms with Crippen molar-refractivity contribution in [1.29, 1.82) is 0 Å². The molecule has 0 saturated heterocycles. The van der Waals surface area contributed by atoms with Crippen LogP contribution >= 0.6 is 0 Å². The van der Waals surface area contributed by atoms with Crippen LogP contribution in [0, 0.1) is 5.41 Å². The van der Waals surface area contributed by atoms with Crippen molar-refractivity contribution in [3.8, 4) is 0 Å². The molecule has 124 valence electrons. The van der Waals surface area contributed by atoms with Gasteiger partial charge in [0.05, 0.1) is 11.1 Å². The Morgan fingerprint density at radius 2 is 1.92 bits per heavy atom. The average molecular weight is 321 g/mol. The van der Waals surface area contributed by atoms with E-state index in [0.717, 1.165) is 41.9 Å². The van der Waals surface area contributed by atoms with Gasteiger partial charge in [-0.3, -0.25) is 4.79 Å². The summed E-state index contributed by atoms with van der Waals surface area (Å²) in [7, 11) is 0. The summed E-state index contributed by atoms with van der Waals surface area (Å²) in [4.78, 5) is 17.7. The van der Waals surface area contributed by atoms with Gasteiger partial charge in [-0.05, 0) is 23.8 Å². The van der Waals surface area contributed by atoms with Crippen LogP contribution in [0.25, 0.3) is 0 Å². The van der Waals surface area contributed by atoms with E-state index >= 15 is 0 Å². The van der Waals surface area contributed by atoms with E-state index in [2.05, 4.69) is 37.9 Å². The first-order valence-electron chi connectivity index (χ1n) is 8.72. The summed E-state index contributed by atoms with van der Waals surface area (Å²) < 4.78 is 5.87. The molecule has 2 aromatic rings. The largest absolute Gasteiger partial charge is 0.447 e. The summed E-state index contributed by atoms with van der Waals surface area (Å²) >= 11 is 0. The number of aromatic nitrogens is 1. The Kier molecular flexibility index (Phi) is 3.31. The first kappa shape index (κ1) is 15.4. The van der Waals surface area contributed by atoms with Gasteiger partial charge in [0.1, 0.15) is 5.76 Å². The first-order valence-corrected chi connectivity index (χ1v) is 8.72. The molecule has 2 aliphatic carbocycles. The van der Waals surface area contributed by atoms with Crippen molar-refractivity contribution in [2.24, 2.45) is 5.41 Å². The van der Waals surface area contributed by atoms with Crippen molar-refractivity contribution < 1.29 is 9.21 Å². The van der Waals surface area contributed by atoms with E-state index in [1.54, 1.807) is 0 Å². The molecule has 0 bridgehead atoms. The molecule has 0 spiro atoms. The number of carbonyl (C=O) groups excluding carboxylic acids is 1. The van der Waals surface area contributed by atoms with Crippen LogP contribution in [-0.2, 0) is 16.6 Å². The molecule has 3 heteroatoms. The highest BCUT2D eigenvalue weighted by Gasteiger charge is 2.51. The molecule has 24 heavy (non-hydrogen) atoms. The van der Waals surface area contributed by atoms with Gasteiger partial charge < -0.3 is 4.42 Å². The minimum atomic E-state index is -0.492. The number of carbonyl (C=O) groups is 1. The molecule has 0 saturated carbocycles. The molecular formula is C21H23NO2. The van der Waals surface area contributed by atoms with Gasteiger partial charge in [0.15, 0.2) is 12.2 Å². The predicted octanol–water partition coefficient (Wildman–Crippen LogP) is 4.61. The Morgan fingerprint density at radius 1 is 1.17 bits per heavy atom. The van der Waals surface area contributed by atoms with E-state index in [0.29, 0.717) is 6.42 Å². The monoisotopic (exact) mass is 321 g/mol. The number of hydrogen-bond donors (Lipinski definition) is 0. The van der Waals surface area contributed by atoms with Gasteiger partial charge in [-0.15, -0.1) is 0 Å². The van der Waals surface area contributed by atoms with Gasteiger partial charge in [-0.2, -0.15) is 0 Å². The van der Waals surface area contributed by atoms with E-state index in [1.807, 2.05) is 18.2 Å². The van der Waals surface area contributed by atoms with Crippen molar-refractivity contribution in [2.45, 2.75) is 51.9 Å². The maximum absolute atomic E-state index is 13.2. The van der Waals surface area contributed by atoms with Crippen LogP contribution in [0.1, 0.15) is 57.1 Å². The quantitative estimate of drug-likeness (QED) is 0.811. The number of nitrogens with zero attached hydrogens (tertiary/aromatic N) is 1. The van der Waals surface area contributed by atoms with Gasteiger partial charge in [-0.1, -0.05) is 56.7 Å². The highest BCUT2D eigenvalue weighted by molar-refractivity contribution is 6.01. The summed E-state index contributed by atoms with van der Waals surface area (Å²) in [5.41, 5.74) is 3.88. The second-order valence-corrected chi connectivity index (χ2v) is 7.85. The Morgan fingerprint density at radius 3 is 2.62 bits per heavy atom. The maximum Gasteiger partial charge on any atom is 0.181 e. The third kappa shape index (κ3) is 2.03. The number of hydrogen-bond acceptors (Lipinski definition) is 3. The van der Waals surface area contributed by atoms with E-state index in [1.165, 1.54) is 12.0 Å². The zero-order chi connectivity index (χ0) is 16.9.